The molecule has 2 saturated heterocycles. The summed E-state index contributed by atoms with van der Waals surface area (Å²) >= 11 is 0. The average molecular weight is 343 g/mol. The van der Waals surface area contributed by atoms with Gasteiger partial charge in [-0.1, -0.05) is 30.3 Å². The minimum atomic E-state index is -0.525. The average Bonchev–Trinajstić information content (AvgIpc) is 2.86. The van der Waals surface area contributed by atoms with Gasteiger partial charge in [0.05, 0.1) is 11.5 Å². The Hall–Kier alpha value is -1.88. The summed E-state index contributed by atoms with van der Waals surface area (Å²) in [5.41, 5.74) is 0.522. The molecule has 5 nitrogen and oxygen atoms in total. The fraction of sp³-hybridized carbons (Fsp3) is 0.600. The van der Waals surface area contributed by atoms with Gasteiger partial charge in [-0.3, -0.25) is 14.5 Å². The van der Waals surface area contributed by atoms with Crippen molar-refractivity contribution in [2.75, 3.05) is 32.7 Å². The van der Waals surface area contributed by atoms with Crippen LogP contribution >= 0.6 is 0 Å². The lowest BCUT2D eigenvalue weighted by molar-refractivity contribution is -0.139. The summed E-state index contributed by atoms with van der Waals surface area (Å²) in [6.45, 7) is 7.71. The van der Waals surface area contributed by atoms with Crippen LogP contribution in [0.15, 0.2) is 30.3 Å². The highest BCUT2D eigenvalue weighted by Crippen LogP contribution is 2.26. The van der Waals surface area contributed by atoms with E-state index in [0.29, 0.717) is 13.1 Å². The van der Waals surface area contributed by atoms with Crippen molar-refractivity contribution in [2.24, 2.45) is 0 Å². The molecule has 136 valence electrons. The largest absolute Gasteiger partial charge is 0.355 e. The van der Waals surface area contributed by atoms with Crippen molar-refractivity contribution in [3.63, 3.8) is 0 Å². The molecule has 3 rings (SSSR count). The Morgan fingerprint density at radius 3 is 2.44 bits per heavy atom. The molecule has 0 aliphatic carbocycles. The lowest BCUT2D eigenvalue weighted by Gasteiger charge is -2.41. The second-order valence-corrected chi connectivity index (χ2v) is 7.62. The van der Waals surface area contributed by atoms with E-state index in [4.69, 9.17) is 0 Å². The lowest BCUT2D eigenvalue weighted by Crippen LogP contribution is -2.57. The maximum absolute atomic E-state index is 13.1. The third kappa shape index (κ3) is 3.87. The molecule has 2 amide bonds. The van der Waals surface area contributed by atoms with E-state index >= 15 is 0 Å². The predicted molar refractivity (Wildman–Crippen MR) is 98.3 cm³/mol. The third-order valence-electron chi connectivity index (χ3n) is 5.58. The van der Waals surface area contributed by atoms with Crippen LogP contribution in [0.2, 0.25) is 0 Å². The van der Waals surface area contributed by atoms with E-state index < -0.39 is 5.41 Å². The van der Waals surface area contributed by atoms with Gasteiger partial charge in [0.25, 0.3) is 0 Å². The van der Waals surface area contributed by atoms with Crippen molar-refractivity contribution >= 4 is 11.8 Å². The van der Waals surface area contributed by atoms with Crippen molar-refractivity contribution in [3.05, 3.63) is 35.9 Å². The topological polar surface area (TPSA) is 52.7 Å². The van der Waals surface area contributed by atoms with E-state index in [9.17, 15) is 9.59 Å². The Kier molecular flexibility index (Phi) is 5.42. The zero-order valence-corrected chi connectivity index (χ0v) is 15.3. The van der Waals surface area contributed by atoms with Crippen molar-refractivity contribution in [1.82, 2.24) is 15.1 Å². The molecule has 1 N–H and O–H groups in total. The first-order chi connectivity index (χ1) is 12.0. The smallest absolute Gasteiger partial charge is 0.237 e. The van der Waals surface area contributed by atoms with E-state index in [2.05, 4.69) is 10.2 Å². The molecule has 0 bridgehead atoms. The molecule has 25 heavy (non-hydrogen) atoms. The summed E-state index contributed by atoms with van der Waals surface area (Å²) in [5, 5.41) is 3.01. The molecule has 1 unspecified atom stereocenters. The van der Waals surface area contributed by atoms with Gasteiger partial charge in [-0.2, -0.15) is 0 Å². The molecule has 2 heterocycles. The number of carbonyl (C=O) groups excluding carboxylic acids is 2. The van der Waals surface area contributed by atoms with Crippen LogP contribution in [0.5, 0.6) is 0 Å². The third-order valence-corrected chi connectivity index (χ3v) is 5.58. The second kappa shape index (κ2) is 7.56. The minimum absolute atomic E-state index is 0.0260. The zero-order valence-electron chi connectivity index (χ0n) is 15.3. The fourth-order valence-electron chi connectivity index (χ4n) is 3.88. The number of benzene rings is 1. The standard InChI is InChI=1S/C20H29N3O2/c1-20(2,16-8-4-3-5-9-16)19(25)23-14-12-22(13-15-23)17-10-6-7-11-21-18(17)24/h3-5,8-9,17H,6-7,10-15H2,1-2H3,(H,21,24). The van der Waals surface area contributed by atoms with Gasteiger partial charge in [0.15, 0.2) is 0 Å². The molecule has 2 aliphatic heterocycles. The van der Waals surface area contributed by atoms with Crippen molar-refractivity contribution in [1.29, 1.82) is 0 Å². The Balaban J connectivity index is 1.62. The maximum atomic E-state index is 13.1. The van der Waals surface area contributed by atoms with E-state index in [1.807, 2.05) is 49.1 Å². The molecule has 0 saturated carbocycles. The number of nitrogens with zero attached hydrogens (tertiary/aromatic N) is 2. The van der Waals surface area contributed by atoms with Crippen molar-refractivity contribution in [2.45, 2.75) is 44.6 Å². The Bertz CT molecular complexity index is 607. The summed E-state index contributed by atoms with van der Waals surface area (Å²) < 4.78 is 0. The van der Waals surface area contributed by atoms with Crippen LogP contribution in [0.1, 0.15) is 38.7 Å². The van der Waals surface area contributed by atoms with Gasteiger partial charge < -0.3 is 10.2 Å². The molecule has 1 aromatic carbocycles. The highest BCUT2D eigenvalue weighted by atomic mass is 16.2. The van der Waals surface area contributed by atoms with Gasteiger partial charge in [0.1, 0.15) is 0 Å². The first-order valence-electron chi connectivity index (χ1n) is 9.37. The minimum Gasteiger partial charge on any atom is -0.355 e. The number of nitrogens with one attached hydrogen (secondary N) is 1. The van der Waals surface area contributed by atoms with Crippen molar-refractivity contribution in [3.8, 4) is 0 Å². The summed E-state index contributed by atoms with van der Waals surface area (Å²) in [4.78, 5) is 29.5. The Morgan fingerprint density at radius 2 is 1.76 bits per heavy atom. The monoisotopic (exact) mass is 343 g/mol. The summed E-state index contributed by atoms with van der Waals surface area (Å²) in [7, 11) is 0. The van der Waals surface area contributed by atoms with Crippen LogP contribution in [0, 0.1) is 0 Å². The molecule has 1 aromatic rings. The van der Waals surface area contributed by atoms with Crippen LogP contribution in [-0.4, -0.2) is 60.4 Å². The number of amides is 2. The highest BCUT2D eigenvalue weighted by molar-refractivity contribution is 5.87. The molecule has 0 radical (unpaired) electrons. The zero-order chi connectivity index (χ0) is 17.9. The lowest BCUT2D eigenvalue weighted by atomic mass is 9.83. The maximum Gasteiger partial charge on any atom is 0.237 e. The van der Waals surface area contributed by atoms with Gasteiger partial charge in [0, 0.05) is 32.7 Å². The van der Waals surface area contributed by atoms with Crippen LogP contribution < -0.4 is 5.32 Å². The number of piperazine rings is 1. The normalized spacial score (nSPS) is 23.0. The number of hydrogen-bond acceptors (Lipinski definition) is 3. The Morgan fingerprint density at radius 1 is 1.08 bits per heavy atom. The quantitative estimate of drug-likeness (QED) is 0.910. The molecule has 5 heteroatoms. The summed E-state index contributed by atoms with van der Waals surface area (Å²) in [6.07, 6.45) is 3.07. The van der Waals surface area contributed by atoms with E-state index in [1.54, 1.807) is 0 Å². The fourth-order valence-corrected chi connectivity index (χ4v) is 3.88. The molecule has 1 atom stereocenters. The first-order valence-corrected chi connectivity index (χ1v) is 9.37. The van der Waals surface area contributed by atoms with Gasteiger partial charge >= 0.3 is 0 Å². The summed E-state index contributed by atoms with van der Waals surface area (Å²) in [5.74, 6) is 0.325. The van der Waals surface area contributed by atoms with E-state index in [-0.39, 0.29) is 17.9 Å². The molecular formula is C20H29N3O2. The molecule has 0 spiro atoms. The second-order valence-electron chi connectivity index (χ2n) is 7.62. The van der Waals surface area contributed by atoms with Gasteiger partial charge in [-0.05, 0) is 38.7 Å². The van der Waals surface area contributed by atoms with Crippen LogP contribution in [0.25, 0.3) is 0 Å². The first kappa shape index (κ1) is 17.9. The van der Waals surface area contributed by atoms with Crippen molar-refractivity contribution < 1.29 is 9.59 Å². The molecular weight excluding hydrogens is 314 g/mol. The highest BCUT2D eigenvalue weighted by Gasteiger charge is 2.37. The van der Waals surface area contributed by atoms with E-state index in [1.165, 1.54) is 0 Å². The van der Waals surface area contributed by atoms with Crippen LogP contribution in [0.4, 0.5) is 0 Å². The van der Waals surface area contributed by atoms with Gasteiger partial charge in [-0.15, -0.1) is 0 Å². The summed E-state index contributed by atoms with van der Waals surface area (Å²) in [6, 6.07) is 9.94. The van der Waals surface area contributed by atoms with Crippen LogP contribution in [0.3, 0.4) is 0 Å². The van der Waals surface area contributed by atoms with Crippen LogP contribution in [-0.2, 0) is 15.0 Å². The number of hydrogen-bond donors (Lipinski definition) is 1. The predicted octanol–water partition coefficient (Wildman–Crippen LogP) is 1.78. The number of carbonyl (C=O) groups is 2. The Labute approximate surface area is 150 Å². The SMILES string of the molecule is CC(C)(C(=O)N1CCN(C2CCCCNC2=O)CC1)c1ccccc1. The molecule has 2 aliphatic rings. The van der Waals surface area contributed by atoms with Gasteiger partial charge in [0.2, 0.25) is 11.8 Å². The molecule has 0 aromatic heterocycles. The molecule has 2 fully saturated rings. The van der Waals surface area contributed by atoms with Gasteiger partial charge in [-0.25, -0.2) is 0 Å². The number of rotatable bonds is 3. The van der Waals surface area contributed by atoms with E-state index in [0.717, 1.165) is 44.5 Å².